The highest BCUT2D eigenvalue weighted by molar-refractivity contribution is 7.59. The van der Waals surface area contributed by atoms with Crippen LogP contribution in [0.2, 0.25) is 0 Å². The van der Waals surface area contributed by atoms with Gasteiger partial charge in [-0.05, 0) is 17.5 Å². The summed E-state index contributed by atoms with van der Waals surface area (Å²) in [4.78, 5) is 0. The Kier molecular flexibility index (Phi) is 15.7. The Labute approximate surface area is 130 Å². The van der Waals surface area contributed by atoms with Crippen LogP contribution in [0.1, 0.15) is 11.1 Å². The smallest absolute Gasteiger partial charge is 0.00258 e. The first-order valence-corrected chi connectivity index (χ1v) is 4.53. The van der Waals surface area contributed by atoms with Crippen LogP contribution in [0.4, 0.5) is 0 Å². The second-order valence-electron chi connectivity index (χ2n) is 3.15. The molecular weight excluding hydrogens is 291 g/mol. The first-order chi connectivity index (χ1) is 6.45. The van der Waals surface area contributed by atoms with Crippen molar-refractivity contribution in [2.45, 2.75) is 6.42 Å². The van der Waals surface area contributed by atoms with Crippen molar-refractivity contribution in [3.8, 4) is 0 Å². The van der Waals surface area contributed by atoms with Gasteiger partial charge in [-0.2, -0.15) is 27.0 Å². The molecule has 0 heterocycles. The average molecular weight is 309 g/mol. The number of hydrogen-bond donors (Lipinski definition) is 0. The average Bonchev–Trinajstić information content (AvgIpc) is 2.21. The Morgan fingerprint density at radius 1 is 0.529 bits per heavy atom. The maximum atomic E-state index is 2.16. The van der Waals surface area contributed by atoms with Gasteiger partial charge in [-0.3, -0.25) is 0 Å². The van der Waals surface area contributed by atoms with E-state index in [0.717, 1.165) is 6.42 Å². The molecule has 0 aliphatic heterocycles. The summed E-state index contributed by atoms with van der Waals surface area (Å²) in [5.74, 6) is 0. The molecule has 0 N–H and O–H groups in total. The molecule has 0 fully saturated rings. The van der Waals surface area contributed by atoms with E-state index in [1.807, 2.05) is 0 Å². The summed E-state index contributed by atoms with van der Waals surface area (Å²) in [5.41, 5.74) is 2.74. The number of hydrogen-bond acceptors (Lipinski definition) is 0. The van der Waals surface area contributed by atoms with E-state index in [9.17, 15) is 0 Å². The van der Waals surface area contributed by atoms with Crippen LogP contribution in [0.5, 0.6) is 0 Å². The second-order valence-corrected chi connectivity index (χ2v) is 3.15. The Bertz CT molecular complexity index is 328. The van der Waals surface area contributed by atoms with E-state index in [-0.39, 0.29) is 51.8 Å². The van der Waals surface area contributed by atoms with Gasteiger partial charge >= 0.3 is 0 Å². The Morgan fingerprint density at radius 2 is 0.824 bits per heavy atom. The van der Waals surface area contributed by atoms with Crippen LogP contribution in [0.3, 0.4) is 0 Å². The van der Waals surface area contributed by atoms with Gasteiger partial charge in [0.25, 0.3) is 0 Å². The van der Waals surface area contributed by atoms with Crippen molar-refractivity contribution in [1.29, 1.82) is 0 Å². The molecule has 0 aliphatic rings. The Morgan fingerprint density at radius 3 is 1.12 bits per heavy atom. The van der Waals surface area contributed by atoms with Crippen molar-refractivity contribution >= 4 is 51.8 Å². The molecule has 0 radical (unpaired) electrons. The van der Waals surface area contributed by atoms with Gasteiger partial charge in [-0.1, -0.05) is 60.7 Å². The van der Waals surface area contributed by atoms with Gasteiger partial charge in [0.15, 0.2) is 0 Å². The molecule has 0 saturated carbocycles. The summed E-state index contributed by atoms with van der Waals surface area (Å²) in [6.45, 7) is 0. The van der Waals surface area contributed by atoms with E-state index in [1.54, 1.807) is 0 Å². The van der Waals surface area contributed by atoms with Crippen LogP contribution in [-0.4, -0.2) is 0 Å². The fraction of sp³-hybridized carbons (Fsp3) is 0.0769. The van der Waals surface area contributed by atoms with Gasteiger partial charge in [0.05, 0.1) is 0 Å². The minimum absolute atomic E-state index is 0. The summed E-state index contributed by atoms with van der Waals surface area (Å²) in [6, 6.07) is 21.1. The van der Waals surface area contributed by atoms with Crippen LogP contribution in [0.25, 0.3) is 0 Å². The summed E-state index contributed by atoms with van der Waals surface area (Å²) in [6.07, 6.45) is 1.03. The first kappa shape index (κ1) is 21.9. The fourth-order valence-corrected chi connectivity index (χ4v) is 1.43. The standard InChI is InChI=1S/C13H12.2ClH.2H2S/c1-3-7-12(8-4-1)11-13-9-5-2-6-10-13;;;;/h1-10H,11H2;2*1H;2*1H2. The summed E-state index contributed by atoms with van der Waals surface area (Å²) < 4.78 is 0. The lowest BCUT2D eigenvalue weighted by molar-refractivity contribution is 1.19. The number of benzene rings is 2. The zero-order valence-electron chi connectivity index (χ0n) is 9.30. The maximum Gasteiger partial charge on any atom is -0.00258 e. The normalized spacial score (nSPS) is 7.53. The quantitative estimate of drug-likeness (QED) is 0.774. The molecule has 0 nitrogen and oxygen atoms in total. The highest BCUT2D eigenvalue weighted by atomic mass is 35.5. The van der Waals surface area contributed by atoms with Gasteiger partial charge in [0.2, 0.25) is 0 Å². The minimum Gasteiger partial charge on any atom is -0.197 e. The van der Waals surface area contributed by atoms with Crippen molar-refractivity contribution in [3.05, 3.63) is 71.8 Å². The molecular formula is C13H18Cl2S2. The molecule has 2 aromatic rings. The zero-order chi connectivity index (χ0) is 8.93. The maximum absolute atomic E-state index is 2.16. The van der Waals surface area contributed by atoms with E-state index >= 15 is 0 Å². The lowest BCUT2D eigenvalue weighted by atomic mass is 10.1. The predicted octanol–water partition coefficient (Wildman–Crippen LogP) is 4.35. The second kappa shape index (κ2) is 12.2. The van der Waals surface area contributed by atoms with E-state index in [2.05, 4.69) is 60.7 Å². The van der Waals surface area contributed by atoms with E-state index in [0.29, 0.717) is 0 Å². The molecule has 17 heavy (non-hydrogen) atoms. The molecule has 0 aliphatic carbocycles. The predicted molar refractivity (Wildman–Crippen MR) is 90.9 cm³/mol. The largest absolute Gasteiger partial charge is 0.197 e. The molecule has 2 rings (SSSR count). The number of halogens is 2. The van der Waals surface area contributed by atoms with Crippen molar-refractivity contribution < 1.29 is 0 Å². The van der Waals surface area contributed by atoms with Crippen molar-refractivity contribution in [2.24, 2.45) is 0 Å². The topological polar surface area (TPSA) is 0 Å². The molecule has 0 unspecified atom stereocenters. The molecule has 0 saturated heterocycles. The molecule has 0 atom stereocenters. The van der Waals surface area contributed by atoms with Crippen LogP contribution in [-0.2, 0) is 6.42 Å². The minimum atomic E-state index is 0. The zero-order valence-corrected chi connectivity index (χ0v) is 12.9. The molecule has 2 aromatic carbocycles. The van der Waals surface area contributed by atoms with E-state index < -0.39 is 0 Å². The van der Waals surface area contributed by atoms with Crippen molar-refractivity contribution in [3.63, 3.8) is 0 Å². The molecule has 0 bridgehead atoms. The third-order valence-electron chi connectivity index (χ3n) is 2.09. The summed E-state index contributed by atoms with van der Waals surface area (Å²) in [7, 11) is 0. The Hall–Kier alpha value is -0.280. The van der Waals surface area contributed by atoms with Gasteiger partial charge < -0.3 is 0 Å². The highest BCUT2D eigenvalue weighted by Gasteiger charge is 1.92. The van der Waals surface area contributed by atoms with Gasteiger partial charge in [-0.25, -0.2) is 0 Å². The lowest BCUT2D eigenvalue weighted by Gasteiger charge is -2.00. The molecule has 4 heteroatoms. The van der Waals surface area contributed by atoms with Crippen molar-refractivity contribution in [2.75, 3.05) is 0 Å². The third kappa shape index (κ3) is 7.61. The molecule has 0 amide bonds. The van der Waals surface area contributed by atoms with E-state index in [1.165, 1.54) is 11.1 Å². The van der Waals surface area contributed by atoms with E-state index in [4.69, 9.17) is 0 Å². The lowest BCUT2D eigenvalue weighted by Crippen LogP contribution is -1.85. The monoisotopic (exact) mass is 308 g/mol. The summed E-state index contributed by atoms with van der Waals surface area (Å²) in [5, 5.41) is 0. The summed E-state index contributed by atoms with van der Waals surface area (Å²) >= 11 is 0. The molecule has 0 aromatic heterocycles. The molecule has 96 valence electrons. The van der Waals surface area contributed by atoms with Crippen LogP contribution >= 0.6 is 51.8 Å². The van der Waals surface area contributed by atoms with Gasteiger partial charge in [-0.15, -0.1) is 24.8 Å². The molecule has 0 spiro atoms. The SMILES string of the molecule is Cl.Cl.S.S.c1ccc(Cc2ccccc2)cc1. The fourth-order valence-electron chi connectivity index (χ4n) is 1.43. The highest BCUT2D eigenvalue weighted by Crippen LogP contribution is 2.07. The van der Waals surface area contributed by atoms with Gasteiger partial charge in [0, 0.05) is 0 Å². The first-order valence-electron chi connectivity index (χ1n) is 4.53. The van der Waals surface area contributed by atoms with Crippen LogP contribution in [0.15, 0.2) is 60.7 Å². The third-order valence-corrected chi connectivity index (χ3v) is 2.09. The number of rotatable bonds is 2. The van der Waals surface area contributed by atoms with Crippen LogP contribution < -0.4 is 0 Å². The Balaban J connectivity index is -0.000000490. The van der Waals surface area contributed by atoms with Gasteiger partial charge in [0.1, 0.15) is 0 Å². The van der Waals surface area contributed by atoms with Crippen molar-refractivity contribution in [1.82, 2.24) is 0 Å². The van der Waals surface area contributed by atoms with Crippen LogP contribution in [0, 0.1) is 0 Å².